The maximum Gasteiger partial charge on any atom is 0.0815 e. The first kappa shape index (κ1) is 12.9. The minimum atomic E-state index is -1.30. The second kappa shape index (κ2) is 5.13. The van der Waals surface area contributed by atoms with Gasteiger partial charge in [-0.25, -0.2) is 0 Å². The largest absolute Gasteiger partial charge is 0.0815 e. The molecule has 0 amide bonds. The van der Waals surface area contributed by atoms with Crippen molar-refractivity contribution in [2.45, 2.75) is 44.8 Å². The van der Waals surface area contributed by atoms with Crippen molar-refractivity contribution >= 4 is 13.3 Å². The lowest BCUT2D eigenvalue weighted by atomic mass is 9.92. The molecule has 0 radical (unpaired) electrons. The van der Waals surface area contributed by atoms with Gasteiger partial charge >= 0.3 is 0 Å². The third-order valence-corrected chi connectivity index (χ3v) is 8.07. The van der Waals surface area contributed by atoms with Gasteiger partial charge in [0.05, 0.1) is 8.07 Å². The van der Waals surface area contributed by atoms with Crippen molar-refractivity contribution in [1.29, 1.82) is 0 Å². The Morgan fingerprint density at radius 3 is 2.11 bits per heavy atom. The summed E-state index contributed by atoms with van der Waals surface area (Å²) in [7, 11) is -1.30. The Labute approximate surface area is 118 Å². The molecule has 0 atom stereocenters. The smallest absolute Gasteiger partial charge is 0.0744 e. The first-order chi connectivity index (χ1) is 9.15. The number of hydrogen-bond donors (Lipinski definition) is 0. The highest BCUT2D eigenvalue weighted by molar-refractivity contribution is 6.89. The molecule has 0 unspecified atom stereocenters. The van der Waals surface area contributed by atoms with Gasteiger partial charge in [-0.15, -0.1) is 0 Å². The van der Waals surface area contributed by atoms with E-state index in [0.717, 1.165) is 0 Å². The van der Waals surface area contributed by atoms with Gasteiger partial charge in [0.25, 0.3) is 0 Å². The van der Waals surface area contributed by atoms with Crippen LogP contribution in [0.2, 0.25) is 19.1 Å². The molecule has 0 spiro atoms. The zero-order valence-electron chi connectivity index (χ0n) is 12.2. The van der Waals surface area contributed by atoms with Crippen molar-refractivity contribution in [3.05, 3.63) is 53.6 Å². The lowest BCUT2D eigenvalue weighted by Gasteiger charge is -2.25. The molecular weight excluding hydrogens is 244 g/mol. The van der Waals surface area contributed by atoms with Gasteiger partial charge in [0, 0.05) is 0 Å². The molecule has 0 aliphatic heterocycles. The zero-order chi connectivity index (χ0) is 13.3. The minimum Gasteiger partial charge on any atom is -0.0744 e. The maximum atomic E-state index is 2.58. The van der Waals surface area contributed by atoms with E-state index in [1.807, 2.05) is 0 Å². The van der Waals surface area contributed by atoms with Crippen LogP contribution < -0.4 is 5.19 Å². The normalized spacial score (nSPS) is 19.9. The molecule has 1 heteroatoms. The molecule has 0 aromatic heterocycles. The van der Waals surface area contributed by atoms with E-state index in [9.17, 15) is 0 Å². The topological polar surface area (TPSA) is 0 Å². The van der Waals surface area contributed by atoms with Gasteiger partial charge in [0.2, 0.25) is 0 Å². The minimum absolute atomic E-state index is 0.713. The average molecular weight is 268 g/mol. The molecule has 1 saturated carbocycles. The highest BCUT2D eigenvalue weighted by atomic mass is 28.3. The number of rotatable bonds is 3. The van der Waals surface area contributed by atoms with Crippen LogP contribution in [0.15, 0.2) is 53.6 Å². The number of fused-ring (bicyclic) bond motifs is 1. The summed E-state index contributed by atoms with van der Waals surface area (Å²) in [6.07, 6.45) is 10.6. The molecule has 2 aliphatic rings. The van der Waals surface area contributed by atoms with Gasteiger partial charge in [-0.05, 0) is 48.8 Å². The standard InChI is InChI=1S/C18H24Si/c1-19(2,18-10-4-3-5-11-18)14-15-12-16-8-6-7-9-17(16)13-15/h3-5,10-13,15H,6-9,14H2,1-2H3. The lowest BCUT2D eigenvalue weighted by Crippen LogP contribution is -2.42. The fourth-order valence-corrected chi connectivity index (χ4v) is 6.36. The van der Waals surface area contributed by atoms with Gasteiger partial charge in [0.15, 0.2) is 0 Å². The molecule has 0 nitrogen and oxygen atoms in total. The molecule has 0 bridgehead atoms. The third kappa shape index (κ3) is 2.76. The van der Waals surface area contributed by atoms with E-state index in [-0.39, 0.29) is 0 Å². The van der Waals surface area contributed by atoms with Crippen molar-refractivity contribution in [2.75, 3.05) is 0 Å². The van der Waals surface area contributed by atoms with Gasteiger partial charge in [0.1, 0.15) is 0 Å². The van der Waals surface area contributed by atoms with E-state index < -0.39 is 8.07 Å². The van der Waals surface area contributed by atoms with Crippen molar-refractivity contribution in [3.8, 4) is 0 Å². The Balaban J connectivity index is 1.76. The summed E-state index contributed by atoms with van der Waals surface area (Å²) < 4.78 is 0. The summed E-state index contributed by atoms with van der Waals surface area (Å²) in [6.45, 7) is 5.03. The quantitative estimate of drug-likeness (QED) is 0.700. The second-order valence-corrected chi connectivity index (χ2v) is 11.5. The molecular formula is C18H24Si. The number of hydrogen-bond acceptors (Lipinski definition) is 0. The van der Waals surface area contributed by atoms with E-state index >= 15 is 0 Å². The molecule has 0 heterocycles. The summed E-state index contributed by atoms with van der Waals surface area (Å²) in [5.74, 6) is 0.713. The second-order valence-electron chi connectivity index (χ2n) is 6.71. The summed E-state index contributed by atoms with van der Waals surface area (Å²) in [6, 6.07) is 12.5. The van der Waals surface area contributed by atoms with Crippen molar-refractivity contribution in [1.82, 2.24) is 0 Å². The summed E-state index contributed by atoms with van der Waals surface area (Å²) in [4.78, 5) is 0. The van der Waals surface area contributed by atoms with Crippen molar-refractivity contribution in [2.24, 2.45) is 5.92 Å². The van der Waals surface area contributed by atoms with E-state index in [1.165, 1.54) is 31.7 Å². The Bertz CT molecular complexity index is 486. The molecule has 1 aromatic carbocycles. The van der Waals surface area contributed by atoms with Crippen LogP contribution >= 0.6 is 0 Å². The van der Waals surface area contributed by atoms with Crippen LogP contribution in [0.1, 0.15) is 25.7 Å². The van der Waals surface area contributed by atoms with Gasteiger partial charge in [-0.3, -0.25) is 0 Å². The molecule has 1 aromatic rings. The molecule has 19 heavy (non-hydrogen) atoms. The lowest BCUT2D eigenvalue weighted by molar-refractivity contribution is 0.682. The first-order valence-electron chi connectivity index (χ1n) is 7.62. The van der Waals surface area contributed by atoms with E-state index in [1.54, 1.807) is 16.3 Å². The predicted molar refractivity (Wildman–Crippen MR) is 86.5 cm³/mol. The van der Waals surface area contributed by atoms with E-state index in [2.05, 4.69) is 55.6 Å². The van der Waals surface area contributed by atoms with Crippen molar-refractivity contribution in [3.63, 3.8) is 0 Å². The molecule has 0 saturated heterocycles. The van der Waals surface area contributed by atoms with Crippen molar-refractivity contribution < 1.29 is 0 Å². The average Bonchev–Trinajstić information content (AvgIpc) is 2.81. The van der Waals surface area contributed by atoms with Gasteiger partial charge in [-0.1, -0.05) is 60.8 Å². The van der Waals surface area contributed by atoms with Crippen LogP contribution in [-0.4, -0.2) is 8.07 Å². The number of allylic oxidation sites excluding steroid dienone is 4. The molecule has 2 aliphatic carbocycles. The SMILES string of the molecule is C[Si](C)(CC1C=C2CCCCC2=C1)c1ccccc1. The molecule has 3 rings (SSSR count). The number of benzene rings is 1. The molecule has 0 N–H and O–H groups in total. The summed E-state index contributed by atoms with van der Waals surface area (Å²) in [5.41, 5.74) is 3.35. The van der Waals surface area contributed by atoms with Crippen LogP contribution in [0.4, 0.5) is 0 Å². The Kier molecular flexibility index (Phi) is 3.49. The summed E-state index contributed by atoms with van der Waals surface area (Å²) >= 11 is 0. The van der Waals surface area contributed by atoms with Crippen LogP contribution in [0.5, 0.6) is 0 Å². The van der Waals surface area contributed by atoms with Crippen LogP contribution in [0.3, 0.4) is 0 Å². The monoisotopic (exact) mass is 268 g/mol. The Morgan fingerprint density at radius 2 is 1.53 bits per heavy atom. The zero-order valence-corrected chi connectivity index (χ0v) is 13.2. The fraction of sp³-hybridized carbons (Fsp3) is 0.444. The van der Waals surface area contributed by atoms with Crippen LogP contribution in [-0.2, 0) is 0 Å². The Hall–Kier alpha value is -1.08. The van der Waals surface area contributed by atoms with Gasteiger partial charge in [-0.2, -0.15) is 0 Å². The van der Waals surface area contributed by atoms with Gasteiger partial charge < -0.3 is 0 Å². The molecule has 100 valence electrons. The predicted octanol–water partition coefficient (Wildman–Crippen LogP) is 4.66. The fourth-order valence-electron chi connectivity index (χ4n) is 3.61. The Morgan fingerprint density at radius 1 is 0.947 bits per heavy atom. The highest BCUT2D eigenvalue weighted by Gasteiger charge is 2.29. The van der Waals surface area contributed by atoms with Crippen LogP contribution in [0.25, 0.3) is 0 Å². The maximum absolute atomic E-state index is 2.58. The van der Waals surface area contributed by atoms with E-state index in [4.69, 9.17) is 0 Å². The molecule has 1 fully saturated rings. The summed E-state index contributed by atoms with van der Waals surface area (Å²) in [5, 5.41) is 1.60. The highest BCUT2D eigenvalue weighted by Crippen LogP contribution is 2.38. The van der Waals surface area contributed by atoms with E-state index in [0.29, 0.717) is 5.92 Å². The van der Waals surface area contributed by atoms with Crippen LogP contribution in [0, 0.1) is 5.92 Å². The first-order valence-corrected chi connectivity index (χ1v) is 10.8. The third-order valence-electron chi connectivity index (χ3n) is 4.69.